The molecule has 0 unspecified atom stereocenters. The average Bonchev–Trinajstić information content (AvgIpc) is 3.47. The molecule has 0 aliphatic rings. The van der Waals surface area contributed by atoms with Crippen molar-refractivity contribution < 1.29 is 14.3 Å². The zero-order chi connectivity index (χ0) is 29.3. The number of hydrazone groups is 1. The van der Waals surface area contributed by atoms with Gasteiger partial charge in [0.1, 0.15) is 5.75 Å². The van der Waals surface area contributed by atoms with E-state index in [4.69, 9.17) is 16.3 Å². The number of hydrogen-bond acceptors (Lipinski definition) is 7. The number of halogens is 2. The predicted molar refractivity (Wildman–Crippen MR) is 172 cm³/mol. The second-order valence-electron chi connectivity index (χ2n) is 8.80. The lowest BCUT2D eigenvalue weighted by Gasteiger charge is -2.11. The van der Waals surface area contributed by atoms with E-state index in [9.17, 15) is 9.59 Å². The van der Waals surface area contributed by atoms with Crippen LogP contribution >= 0.6 is 38.9 Å². The second kappa shape index (κ2) is 13.9. The van der Waals surface area contributed by atoms with Crippen LogP contribution in [-0.4, -0.2) is 29.6 Å². The van der Waals surface area contributed by atoms with Crippen molar-refractivity contribution in [3.8, 4) is 17.0 Å². The van der Waals surface area contributed by atoms with Crippen LogP contribution in [0.1, 0.15) is 15.9 Å². The first-order chi connectivity index (χ1) is 20.4. The Kier molecular flexibility index (Phi) is 9.60. The van der Waals surface area contributed by atoms with Crippen molar-refractivity contribution in [1.29, 1.82) is 0 Å². The molecule has 210 valence electrons. The summed E-state index contributed by atoms with van der Waals surface area (Å²) < 4.78 is 6.49. The van der Waals surface area contributed by atoms with Crippen LogP contribution in [0, 0.1) is 0 Å². The number of anilines is 3. The number of ether oxygens (including phenoxy) is 1. The molecule has 5 aromatic rings. The molecule has 0 bridgehead atoms. The van der Waals surface area contributed by atoms with Crippen molar-refractivity contribution >= 4 is 73.4 Å². The Morgan fingerprint density at radius 3 is 2.52 bits per heavy atom. The number of para-hydroxylation sites is 2. The lowest BCUT2D eigenvalue weighted by molar-refractivity contribution is -0.118. The van der Waals surface area contributed by atoms with Crippen LogP contribution in [0.4, 0.5) is 16.5 Å². The van der Waals surface area contributed by atoms with Gasteiger partial charge in [0.05, 0.1) is 22.6 Å². The number of benzene rings is 4. The fourth-order valence-corrected chi connectivity index (χ4v) is 5.07. The van der Waals surface area contributed by atoms with Gasteiger partial charge < -0.3 is 15.4 Å². The van der Waals surface area contributed by atoms with Crippen molar-refractivity contribution in [1.82, 2.24) is 10.4 Å². The summed E-state index contributed by atoms with van der Waals surface area (Å²) in [5.41, 5.74) is 6.70. The van der Waals surface area contributed by atoms with Crippen molar-refractivity contribution in [3.05, 3.63) is 123 Å². The van der Waals surface area contributed by atoms with Gasteiger partial charge in [-0.05, 0) is 54.6 Å². The van der Waals surface area contributed by atoms with Gasteiger partial charge in [-0.3, -0.25) is 9.59 Å². The lowest BCUT2D eigenvalue weighted by atomic mass is 10.1. The molecular formula is C31H23BrClN5O3S. The summed E-state index contributed by atoms with van der Waals surface area (Å²) in [7, 11) is 0. The molecule has 0 fully saturated rings. The van der Waals surface area contributed by atoms with Crippen molar-refractivity contribution in [3.63, 3.8) is 0 Å². The van der Waals surface area contributed by atoms with Crippen LogP contribution < -0.4 is 20.8 Å². The maximum absolute atomic E-state index is 12.7. The minimum atomic E-state index is -0.376. The third kappa shape index (κ3) is 7.82. The number of hydrogen-bond donors (Lipinski definition) is 3. The Bertz CT molecular complexity index is 1730. The number of rotatable bonds is 10. The van der Waals surface area contributed by atoms with Gasteiger partial charge in [0.25, 0.3) is 11.8 Å². The van der Waals surface area contributed by atoms with Gasteiger partial charge in [-0.2, -0.15) is 5.10 Å². The van der Waals surface area contributed by atoms with Crippen molar-refractivity contribution in [2.45, 2.75) is 0 Å². The van der Waals surface area contributed by atoms with Gasteiger partial charge in [0.2, 0.25) is 0 Å². The Labute approximate surface area is 259 Å². The largest absolute Gasteiger partial charge is 0.483 e. The Hall–Kier alpha value is -4.51. The molecule has 2 amide bonds. The van der Waals surface area contributed by atoms with Gasteiger partial charge >= 0.3 is 0 Å². The smallest absolute Gasteiger partial charge is 0.271 e. The van der Waals surface area contributed by atoms with Crippen LogP contribution in [0.3, 0.4) is 0 Å². The summed E-state index contributed by atoms with van der Waals surface area (Å²) in [6, 6.07) is 29.1. The van der Waals surface area contributed by atoms with Crippen molar-refractivity contribution in [2.24, 2.45) is 5.10 Å². The first kappa shape index (κ1) is 29.0. The highest BCUT2D eigenvalue weighted by Gasteiger charge is 2.11. The predicted octanol–water partition coefficient (Wildman–Crippen LogP) is 7.75. The van der Waals surface area contributed by atoms with Gasteiger partial charge in [-0.1, -0.05) is 70.0 Å². The summed E-state index contributed by atoms with van der Waals surface area (Å²) in [4.78, 5) is 29.7. The van der Waals surface area contributed by atoms with Crippen LogP contribution in [-0.2, 0) is 4.79 Å². The Morgan fingerprint density at radius 1 is 0.976 bits per heavy atom. The normalized spacial score (nSPS) is 10.8. The van der Waals surface area contributed by atoms with E-state index in [-0.39, 0.29) is 18.4 Å². The number of carbonyl (C=O) groups is 2. The third-order valence-corrected chi connectivity index (χ3v) is 7.40. The maximum atomic E-state index is 12.7. The van der Waals surface area contributed by atoms with Crippen LogP contribution in [0.25, 0.3) is 11.3 Å². The fourth-order valence-electron chi connectivity index (χ4n) is 3.77. The zero-order valence-electron chi connectivity index (χ0n) is 21.9. The SMILES string of the molecule is O=C(COc1ccc(Br)cc1/C=N/NC(=O)c1ccc(-c2csc(Nc3ccccc3)n2)cc1)Nc1ccccc1Cl. The monoisotopic (exact) mass is 659 g/mol. The first-order valence-corrected chi connectivity index (χ1v) is 14.7. The van der Waals surface area contributed by atoms with E-state index in [1.807, 2.05) is 47.8 Å². The summed E-state index contributed by atoms with van der Waals surface area (Å²) in [5.74, 6) is -0.328. The highest BCUT2D eigenvalue weighted by atomic mass is 79.9. The molecule has 0 aliphatic carbocycles. The van der Waals surface area contributed by atoms with E-state index in [0.717, 1.165) is 26.5 Å². The maximum Gasteiger partial charge on any atom is 0.271 e. The fraction of sp³-hybridized carbons (Fsp3) is 0.0323. The first-order valence-electron chi connectivity index (χ1n) is 12.6. The summed E-state index contributed by atoms with van der Waals surface area (Å²) >= 11 is 11.0. The van der Waals surface area contributed by atoms with E-state index in [1.54, 1.807) is 54.6 Å². The van der Waals surface area contributed by atoms with E-state index >= 15 is 0 Å². The number of aromatic nitrogens is 1. The quantitative estimate of drug-likeness (QED) is 0.105. The molecule has 3 N–H and O–H groups in total. The Balaban J connectivity index is 1.17. The Morgan fingerprint density at radius 2 is 1.74 bits per heavy atom. The molecule has 4 aromatic carbocycles. The summed E-state index contributed by atoms with van der Waals surface area (Å²) in [6.45, 7) is -0.241. The third-order valence-electron chi connectivity index (χ3n) is 5.82. The molecule has 0 saturated carbocycles. The molecule has 0 radical (unpaired) electrons. The number of nitrogens with one attached hydrogen (secondary N) is 3. The molecule has 8 nitrogen and oxygen atoms in total. The zero-order valence-corrected chi connectivity index (χ0v) is 25.0. The summed E-state index contributed by atoms with van der Waals surface area (Å²) in [6.07, 6.45) is 1.45. The van der Waals surface area contributed by atoms with Gasteiger partial charge in [0, 0.05) is 32.2 Å². The molecule has 0 aliphatic heterocycles. The molecule has 0 spiro atoms. The standard InChI is InChI=1S/C31H23BrClN5O3S/c32-23-14-15-28(41-18-29(39)36-26-9-5-4-8-25(26)33)22(16-23)17-34-38-30(40)21-12-10-20(11-13-21)27-19-42-31(37-27)35-24-6-2-1-3-7-24/h1-17,19H,18H2,(H,35,37)(H,36,39)(H,38,40)/b34-17+. The van der Waals surface area contributed by atoms with Crippen LogP contribution in [0.2, 0.25) is 5.02 Å². The van der Waals surface area contributed by atoms with Gasteiger partial charge in [0.15, 0.2) is 11.7 Å². The van der Waals surface area contributed by atoms with Crippen LogP contribution in [0.5, 0.6) is 5.75 Å². The average molecular weight is 661 g/mol. The molecule has 0 atom stereocenters. The highest BCUT2D eigenvalue weighted by Crippen LogP contribution is 2.27. The summed E-state index contributed by atoms with van der Waals surface area (Å²) in [5, 5.41) is 13.3. The minimum Gasteiger partial charge on any atom is -0.483 e. The highest BCUT2D eigenvalue weighted by molar-refractivity contribution is 9.10. The number of carbonyl (C=O) groups excluding carboxylic acids is 2. The molecule has 5 rings (SSSR count). The van der Waals surface area contributed by atoms with Gasteiger partial charge in [-0.25, -0.2) is 10.4 Å². The lowest BCUT2D eigenvalue weighted by Crippen LogP contribution is -2.21. The number of amides is 2. The number of thiazole rings is 1. The molecule has 1 aromatic heterocycles. The topological polar surface area (TPSA) is 105 Å². The second-order valence-corrected chi connectivity index (χ2v) is 11.0. The molecule has 11 heteroatoms. The van der Waals surface area contributed by atoms with E-state index in [0.29, 0.717) is 27.6 Å². The van der Waals surface area contributed by atoms with E-state index < -0.39 is 0 Å². The molecule has 0 saturated heterocycles. The van der Waals surface area contributed by atoms with Crippen LogP contribution in [0.15, 0.2) is 112 Å². The number of nitrogens with zero attached hydrogens (tertiary/aromatic N) is 2. The minimum absolute atomic E-state index is 0.241. The molecule has 1 heterocycles. The van der Waals surface area contributed by atoms with E-state index in [2.05, 4.69) is 42.1 Å². The van der Waals surface area contributed by atoms with Crippen molar-refractivity contribution in [2.75, 3.05) is 17.2 Å². The molecule has 42 heavy (non-hydrogen) atoms. The molecular weight excluding hydrogens is 638 g/mol. The van der Waals surface area contributed by atoms with E-state index in [1.165, 1.54) is 17.6 Å². The van der Waals surface area contributed by atoms with Gasteiger partial charge in [-0.15, -0.1) is 11.3 Å².